The highest BCUT2D eigenvalue weighted by Crippen LogP contribution is 2.34. The van der Waals surface area contributed by atoms with Gasteiger partial charge in [0.25, 0.3) is 0 Å². The summed E-state index contributed by atoms with van der Waals surface area (Å²) in [7, 11) is 0. The number of carboxylic acid groups (broad SMARTS) is 1. The second-order valence-electron chi connectivity index (χ2n) is 8.03. The minimum atomic E-state index is -0.907. The first kappa shape index (κ1) is 22.2. The third-order valence-corrected chi connectivity index (χ3v) is 6.33. The predicted octanol–water partition coefficient (Wildman–Crippen LogP) is 3.96. The second-order valence-corrected chi connectivity index (χ2v) is 9.02. The van der Waals surface area contributed by atoms with Crippen LogP contribution >= 0.6 is 11.8 Å². The van der Waals surface area contributed by atoms with E-state index in [9.17, 15) is 9.59 Å². The lowest BCUT2D eigenvalue weighted by Crippen LogP contribution is -2.34. The monoisotopic (exact) mass is 427 g/mol. The van der Waals surface area contributed by atoms with Crippen LogP contribution in [0.5, 0.6) is 0 Å². The van der Waals surface area contributed by atoms with Gasteiger partial charge in [-0.3, -0.25) is 9.59 Å². The van der Waals surface area contributed by atoms with Crippen LogP contribution in [-0.4, -0.2) is 44.3 Å². The maximum Gasteiger partial charge on any atom is 0.313 e. The molecule has 2 aromatic rings. The van der Waals surface area contributed by atoms with Crippen molar-refractivity contribution in [2.24, 2.45) is 0 Å². The van der Waals surface area contributed by atoms with Crippen LogP contribution in [0, 0.1) is 13.8 Å². The molecule has 1 aromatic heterocycles. The van der Waals surface area contributed by atoms with Crippen LogP contribution in [0.3, 0.4) is 0 Å². The minimum Gasteiger partial charge on any atom is -0.481 e. The van der Waals surface area contributed by atoms with Gasteiger partial charge < -0.3 is 10.4 Å². The van der Waals surface area contributed by atoms with Crippen molar-refractivity contribution in [3.63, 3.8) is 0 Å². The molecule has 1 aliphatic rings. The average Bonchev–Trinajstić information content (AvgIpc) is 3.25. The van der Waals surface area contributed by atoms with Crippen LogP contribution in [0.2, 0.25) is 0 Å². The van der Waals surface area contributed by atoms with Crippen molar-refractivity contribution >= 4 is 23.6 Å². The number of carboxylic acids is 1. The number of nitrogens with zero attached hydrogens (tertiary/aromatic N) is 2. The van der Waals surface area contributed by atoms with Gasteiger partial charge in [0.15, 0.2) is 0 Å². The van der Waals surface area contributed by atoms with Gasteiger partial charge in [0.1, 0.15) is 0 Å². The molecule has 2 N–H and O–H groups in total. The second kappa shape index (κ2) is 9.51. The van der Waals surface area contributed by atoms with Crippen LogP contribution in [0.1, 0.15) is 54.6 Å². The molecule has 1 aliphatic carbocycles. The Hall–Kier alpha value is -2.54. The van der Waals surface area contributed by atoms with Crippen LogP contribution in [0.15, 0.2) is 36.4 Å². The van der Waals surface area contributed by atoms with Gasteiger partial charge in [-0.25, -0.2) is 4.68 Å². The minimum absolute atomic E-state index is 0.0413. The first-order valence-corrected chi connectivity index (χ1v) is 11.4. The van der Waals surface area contributed by atoms with Crippen molar-refractivity contribution < 1.29 is 14.7 Å². The van der Waals surface area contributed by atoms with Crippen LogP contribution < -0.4 is 5.32 Å². The molecular weight excluding hydrogens is 398 g/mol. The molecule has 0 saturated carbocycles. The first-order chi connectivity index (χ1) is 14.3. The molecule has 1 heterocycles. The number of hydrogen-bond acceptors (Lipinski definition) is 4. The molecule has 2 atom stereocenters. The maximum atomic E-state index is 12.0. The van der Waals surface area contributed by atoms with Gasteiger partial charge in [0.05, 0.1) is 22.9 Å². The molecule has 0 spiro atoms. The SMILES string of the molecule is Cc1nn(-c2ccc(C(C)C)cc2)c(C)c1C1C=CC(NC(=O)CSCC(=O)O)C1. The molecule has 0 bridgehead atoms. The van der Waals surface area contributed by atoms with E-state index >= 15 is 0 Å². The predicted molar refractivity (Wildman–Crippen MR) is 121 cm³/mol. The first-order valence-electron chi connectivity index (χ1n) is 10.2. The van der Waals surface area contributed by atoms with Crippen molar-refractivity contribution in [1.29, 1.82) is 0 Å². The summed E-state index contributed by atoms with van der Waals surface area (Å²) in [6.07, 6.45) is 4.95. The molecular formula is C23H29N3O3S. The van der Waals surface area contributed by atoms with Crippen molar-refractivity contribution in [2.75, 3.05) is 11.5 Å². The number of aromatic nitrogens is 2. The van der Waals surface area contributed by atoms with Crippen molar-refractivity contribution in [3.05, 3.63) is 58.9 Å². The van der Waals surface area contributed by atoms with Crippen LogP contribution in [0.25, 0.3) is 5.69 Å². The van der Waals surface area contributed by atoms with Crippen LogP contribution in [0.4, 0.5) is 0 Å². The van der Waals surface area contributed by atoms with Gasteiger partial charge >= 0.3 is 5.97 Å². The third-order valence-electron chi connectivity index (χ3n) is 5.41. The zero-order chi connectivity index (χ0) is 21.8. The van der Waals surface area contributed by atoms with Gasteiger partial charge in [-0.15, -0.1) is 11.8 Å². The number of amides is 1. The van der Waals surface area contributed by atoms with Crippen molar-refractivity contribution in [2.45, 2.75) is 52.0 Å². The van der Waals surface area contributed by atoms with E-state index in [2.05, 4.69) is 56.4 Å². The molecule has 0 radical (unpaired) electrons. The van der Waals surface area contributed by atoms with E-state index in [1.807, 2.05) is 17.7 Å². The Kier molecular flexibility index (Phi) is 7.02. The van der Waals surface area contributed by atoms with E-state index < -0.39 is 5.97 Å². The summed E-state index contributed by atoms with van der Waals surface area (Å²) in [5, 5.41) is 16.4. The number of aliphatic carboxylic acids is 1. The highest BCUT2D eigenvalue weighted by Gasteiger charge is 2.27. The summed E-state index contributed by atoms with van der Waals surface area (Å²) in [5.74, 6) is -0.254. The Morgan fingerprint density at radius 2 is 1.90 bits per heavy atom. The number of rotatable bonds is 8. The molecule has 30 heavy (non-hydrogen) atoms. The number of carbonyl (C=O) groups is 2. The van der Waals surface area contributed by atoms with E-state index in [-0.39, 0.29) is 29.4 Å². The lowest BCUT2D eigenvalue weighted by Gasteiger charge is -2.15. The zero-order valence-electron chi connectivity index (χ0n) is 17.9. The average molecular weight is 428 g/mol. The van der Waals surface area contributed by atoms with E-state index in [1.165, 1.54) is 11.1 Å². The smallest absolute Gasteiger partial charge is 0.313 e. The number of carbonyl (C=O) groups excluding carboxylic acids is 1. The Morgan fingerprint density at radius 1 is 1.20 bits per heavy atom. The van der Waals surface area contributed by atoms with E-state index in [0.717, 1.165) is 35.3 Å². The molecule has 2 unspecified atom stereocenters. The standard InChI is InChI=1S/C23H29N3O3S/c1-14(2)17-6-9-20(10-7-17)26-16(4)23(15(3)25-26)18-5-8-19(11-18)24-21(27)12-30-13-22(28)29/h5-10,14,18-19H,11-13H2,1-4H3,(H,24,27)(H,28,29). The van der Waals surface area contributed by atoms with Gasteiger partial charge in [0.2, 0.25) is 5.91 Å². The Morgan fingerprint density at radius 3 is 2.53 bits per heavy atom. The topological polar surface area (TPSA) is 84.2 Å². The fraction of sp³-hybridized carbons (Fsp3) is 0.435. The molecule has 1 aromatic carbocycles. The van der Waals surface area contributed by atoms with E-state index in [1.54, 1.807) is 0 Å². The molecule has 7 heteroatoms. The summed E-state index contributed by atoms with van der Waals surface area (Å²) in [6.45, 7) is 8.49. The molecule has 160 valence electrons. The summed E-state index contributed by atoms with van der Waals surface area (Å²) in [5.41, 5.74) is 5.67. The van der Waals surface area contributed by atoms with E-state index in [0.29, 0.717) is 5.92 Å². The number of nitrogens with one attached hydrogen (secondary N) is 1. The largest absolute Gasteiger partial charge is 0.481 e. The maximum absolute atomic E-state index is 12.0. The Labute approximate surface area is 181 Å². The van der Waals surface area contributed by atoms with Gasteiger partial charge in [-0.05, 0) is 43.9 Å². The highest BCUT2D eigenvalue weighted by molar-refractivity contribution is 8.00. The van der Waals surface area contributed by atoms with Crippen molar-refractivity contribution in [1.82, 2.24) is 15.1 Å². The lowest BCUT2D eigenvalue weighted by atomic mass is 9.96. The highest BCUT2D eigenvalue weighted by atomic mass is 32.2. The van der Waals surface area contributed by atoms with Crippen molar-refractivity contribution in [3.8, 4) is 5.69 Å². The molecule has 0 saturated heterocycles. The summed E-state index contributed by atoms with van der Waals surface area (Å²) >= 11 is 1.11. The number of hydrogen-bond donors (Lipinski definition) is 2. The summed E-state index contributed by atoms with van der Waals surface area (Å²) in [6, 6.07) is 8.49. The van der Waals surface area contributed by atoms with E-state index in [4.69, 9.17) is 10.2 Å². The molecule has 6 nitrogen and oxygen atoms in total. The third kappa shape index (κ3) is 5.14. The number of allylic oxidation sites excluding steroid dienone is 1. The number of aryl methyl sites for hydroxylation is 1. The fourth-order valence-corrected chi connectivity index (χ4v) is 4.49. The molecule has 0 fully saturated rings. The van der Waals surface area contributed by atoms with Gasteiger partial charge in [-0.2, -0.15) is 5.10 Å². The molecule has 1 amide bonds. The normalized spacial score (nSPS) is 18.2. The Bertz CT molecular complexity index is 947. The Balaban J connectivity index is 1.67. The molecule has 3 rings (SSSR count). The number of benzene rings is 1. The molecule has 0 aliphatic heterocycles. The fourth-order valence-electron chi connectivity index (χ4n) is 3.94. The zero-order valence-corrected chi connectivity index (χ0v) is 18.7. The lowest BCUT2D eigenvalue weighted by molar-refractivity contribution is -0.133. The quantitative estimate of drug-likeness (QED) is 0.623. The van der Waals surface area contributed by atoms with Gasteiger partial charge in [-0.1, -0.05) is 38.1 Å². The van der Waals surface area contributed by atoms with Crippen LogP contribution in [-0.2, 0) is 9.59 Å². The van der Waals surface area contributed by atoms with Gasteiger partial charge in [0, 0.05) is 23.2 Å². The number of thioether (sulfide) groups is 1. The summed E-state index contributed by atoms with van der Waals surface area (Å²) < 4.78 is 2.00. The summed E-state index contributed by atoms with van der Waals surface area (Å²) in [4.78, 5) is 22.6.